The molecule has 33 heavy (non-hydrogen) atoms. The highest BCUT2D eigenvalue weighted by Crippen LogP contribution is 2.68. The van der Waals surface area contributed by atoms with E-state index in [1.165, 1.54) is 0 Å². The first-order valence-electron chi connectivity index (χ1n) is 11.0. The van der Waals surface area contributed by atoms with Crippen LogP contribution in [0, 0.1) is 0 Å². The topological polar surface area (TPSA) is 59.1 Å². The molecule has 1 fully saturated rings. The lowest BCUT2D eigenvalue weighted by Gasteiger charge is -2.48. The fourth-order valence-electron chi connectivity index (χ4n) is 4.46. The van der Waals surface area contributed by atoms with Crippen LogP contribution < -0.4 is 18.8 Å². The highest BCUT2D eigenvalue weighted by molar-refractivity contribution is 7.67. The number of nitrogens with zero attached hydrogens (tertiary/aromatic N) is 2. The van der Waals surface area contributed by atoms with E-state index in [0.717, 1.165) is 41.1 Å². The molecule has 1 unspecified atom stereocenters. The third kappa shape index (κ3) is 4.49. The molecule has 7 heteroatoms. The minimum Gasteiger partial charge on any atom is -0.497 e. The molecule has 0 saturated carbocycles. The minimum atomic E-state index is -3.32. The Kier molecular flexibility index (Phi) is 7.05. The summed E-state index contributed by atoms with van der Waals surface area (Å²) in [7, 11) is -0.0661. The van der Waals surface area contributed by atoms with Crippen molar-refractivity contribution in [2.45, 2.75) is 18.5 Å². The Morgan fingerprint density at radius 3 is 1.73 bits per heavy atom. The van der Waals surface area contributed by atoms with Crippen molar-refractivity contribution >= 4 is 25.1 Å². The molecular weight excluding hydrogens is 435 g/mol. The van der Waals surface area contributed by atoms with Crippen LogP contribution in [0.5, 0.6) is 11.5 Å². The summed E-state index contributed by atoms with van der Waals surface area (Å²) < 4.78 is 30.0. The number of hydrogen-bond donors (Lipinski definition) is 0. The van der Waals surface area contributed by atoms with E-state index < -0.39 is 13.1 Å². The molecule has 1 saturated heterocycles. The lowest BCUT2D eigenvalue weighted by molar-refractivity contribution is -0.107. The summed E-state index contributed by atoms with van der Waals surface area (Å²) in [5, 5.41) is 0. The number of methoxy groups -OCH3 is 2. The molecule has 3 aromatic rings. The van der Waals surface area contributed by atoms with Crippen LogP contribution in [0.1, 0.15) is 24.1 Å². The van der Waals surface area contributed by atoms with Crippen molar-refractivity contribution in [3.05, 3.63) is 84.4 Å². The second-order valence-electron chi connectivity index (χ2n) is 7.91. The number of rotatable bonds is 8. The monoisotopic (exact) mass is 464 g/mol. The van der Waals surface area contributed by atoms with Crippen LogP contribution >= 0.6 is 7.44 Å². The van der Waals surface area contributed by atoms with E-state index >= 15 is 4.57 Å². The Morgan fingerprint density at radius 1 is 0.818 bits per heavy atom. The number of ether oxygens (including phenoxy) is 2. The van der Waals surface area contributed by atoms with E-state index in [-0.39, 0.29) is 6.42 Å². The summed E-state index contributed by atoms with van der Waals surface area (Å²) in [4.78, 5) is 11.8. The van der Waals surface area contributed by atoms with Gasteiger partial charge in [0.15, 0.2) is 0 Å². The number of hydrogen-bond acceptors (Lipinski definition) is 4. The van der Waals surface area contributed by atoms with Gasteiger partial charge in [-0.25, -0.2) is 0 Å². The van der Waals surface area contributed by atoms with Gasteiger partial charge in [0.05, 0.1) is 19.9 Å². The zero-order valence-electron chi connectivity index (χ0n) is 19.0. The molecule has 0 spiro atoms. The molecule has 1 atom stereocenters. The van der Waals surface area contributed by atoms with Crippen LogP contribution in [-0.4, -0.2) is 33.6 Å². The van der Waals surface area contributed by atoms with Gasteiger partial charge in [-0.05, 0) is 60.5 Å². The van der Waals surface area contributed by atoms with Crippen molar-refractivity contribution in [3.8, 4) is 11.5 Å². The Hall–Kier alpha value is -3.24. The van der Waals surface area contributed by atoms with Gasteiger partial charge in [-0.3, -0.25) is 4.57 Å². The molecule has 0 bridgehead atoms. The molecule has 1 aliphatic heterocycles. The average Bonchev–Trinajstić information content (AvgIpc) is 2.88. The van der Waals surface area contributed by atoms with Gasteiger partial charge in [-0.2, -0.15) is 0 Å². The molecule has 3 aromatic carbocycles. The largest absolute Gasteiger partial charge is 0.497 e. The molecule has 0 radical (unpaired) electrons. The van der Waals surface area contributed by atoms with Gasteiger partial charge in [0.2, 0.25) is 0 Å². The molecule has 4 rings (SSSR count). The third-order valence-electron chi connectivity index (χ3n) is 6.08. The highest BCUT2D eigenvalue weighted by Gasteiger charge is 2.47. The van der Waals surface area contributed by atoms with Crippen molar-refractivity contribution in [2.75, 3.05) is 36.6 Å². The Bertz CT molecular complexity index is 1040. The fraction of sp³-hybridized carbons (Fsp3) is 0.269. The van der Waals surface area contributed by atoms with E-state index in [0.29, 0.717) is 13.1 Å². The molecular formula is C26H29N2O4P. The summed E-state index contributed by atoms with van der Waals surface area (Å²) in [6.07, 6.45) is 1.88. The van der Waals surface area contributed by atoms with Gasteiger partial charge < -0.3 is 23.6 Å². The first-order valence-corrected chi connectivity index (χ1v) is 12.7. The quantitative estimate of drug-likeness (QED) is 0.304. The first-order chi connectivity index (χ1) is 16.1. The summed E-state index contributed by atoms with van der Waals surface area (Å²) in [6, 6.07) is 25.0. The van der Waals surface area contributed by atoms with Gasteiger partial charge in [0, 0.05) is 30.9 Å². The van der Waals surface area contributed by atoms with Crippen molar-refractivity contribution in [2.24, 2.45) is 0 Å². The second kappa shape index (κ2) is 10.1. The summed E-state index contributed by atoms with van der Waals surface area (Å²) in [5.41, 5.74) is 2.13. The van der Waals surface area contributed by atoms with E-state index in [2.05, 4.69) is 0 Å². The second-order valence-corrected chi connectivity index (χ2v) is 10.7. The lowest BCUT2D eigenvalue weighted by Crippen LogP contribution is -2.41. The summed E-state index contributed by atoms with van der Waals surface area (Å²) in [5.74, 6) is 1.48. The smallest absolute Gasteiger partial charge is 0.270 e. The predicted octanol–water partition coefficient (Wildman–Crippen LogP) is 5.94. The summed E-state index contributed by atoms with van der Waals surface area (Å²) in [6.45, 7) is 1.27. The minimum absolute atomic E-state index is 0.167. The Labute approximate surface area is 195 Å². The van der Waals surface area contributed by atoms with Crippen molar-refractivity contribution in [1.29, 1.82) is 0 Å². The standard InChI is InChI=1S/C26H29N2O4P/c1-31-24-13-9-22(10-14-24)27-18-6-19-28(23-11-15-25(32-2)16-12-23)33(27,30)26(17-20-29)21-7-4-3-5-8-21/h3-5,7-16,20,26H,6,17-19H2,1-2H3. The predicted molar refractivity (Wildman–Crippen MR) is 133 cm³/mol. The molecule has 0 aliphatic carbocycles. The maximum atomic E-state index is 15.3. The molecule has 0 amide bonds. The normalized spacial score (nSPS) is 16.2. The fourth-order valence-corrected chi connectivity index (χ4v) is 8.09. The molecule has 0 aromatic heterocycles. The lowest BCUT2D eigenvalue weighted by atomic mass is 10.1. The van der Waals surface area contributed by atoms with Crippen LogP contribution in [0.2, 0.25) is 0 Å². The van der Waals surface area contributed by atoms with Crippen LogP contribution in [0.15, 0.2) is 78.9 Å². The molecule has 1 aliphatic rings. The van der Waals surface area contributed by atoms with Crippen LogP contribution in [-0.2, 0) is 9.36 Å². The number of anilines is 2. The van der Waals surface area contributed by atoms with Crippen LogP contribution in [0.4, 0.5) is 11.4 Å². The van der Waals surface area contributed by atoms with E-state index in [1.54, 1.807) is 14.2 Å². The zero-order valence-corrected chi connectivity index (χ0v) is 19.9. The van der Waals surface area contributed by atoms with E-state index in [9.17, 15) is 4.79 Å². The number of benzene rings is 3. The summed E-state index contributed by atoms with van der Waals surface area (Å²) >= 11 is 0. The molecule has 0 N–H and O–H groups in total. The van der Waals surface area contributed by atoms with Crippen molar-refractivity contribution in [3.63, 3.8) is 0 Å². The van der Waals surface area contributed by atoms with Gasteiger partial charge in [-0.15, -0.1) is 0 Å². The number of carbonyl (C=O) groups is 1. The first kappa shape index (κ1) is 22.9. The van der Waals surface area contributed by atoms with Gasteiger partial charge in [-0.1, -0.05) is 30.3 Å². The van der Waals surface area contributed by atoms with Crippen LogP contribution in [0.25, 0.3) is 0 Å². The number of aldehydes is 1. The average molecular weight is 465 g/mol. The van der Waals surface area contributed by atoms with Crippen molar-refractivity contribution < 1.29 is 18.8 Å². The third-order valence-corrected chi connectivity index (χ3v) is 9.65. The maximum Gasteiger partial charge on any atom is 0.270 e. The maximum absolute atomic E-state index is 15.3. The van der Waals surface area contributed by atoms with Crippen LogP contribution in [0.3, 0.4) is 0 Å². The highest BCUT2D eigenvalue weighted by atomic mass is 31.2. The van der Waals surface area contributed by atoms with Gasteiger partial charge in [0.1, 0.15) is 17.8 Å². The molecule has 6 nitrogen and oxygen atoms in total. The Balaban J connectivity index is 1.87. The zero-order chi connectivity index (χ0) is 23.3. The van der Waals surface area contributed by atoms with Gasteiger partial charge in [0.25, 0.3) is 7.44 Å². The number of carbonyl (C=O) groups excluding carboxylic acids is 1. The van der Waals surface area contributed by atoms with Gasteiger partial charge >= 0.3 is 0 Å². The van der Waals surface area contributed by atoms with Crippen molar-refractivity contribution in [1.82, 2.24) is 0 Å². The SMILES string of the molecule is COc1ccc(N2CCCN(c3ccc(OC)cc3)P2(=O)C(CC=O)c2ccccc2)cc1. The molecule has 172 valence electrons. The van der Waals surface area contributed by atoms with E-state index in [4.69, 9.17) is 9.47 Å². The Morgan fingerprint density at radius 2 is 1.30 bits per heavy atom. The molecule has 1 heterocycles. The van der Waals surface area contributed by atoms with E-state index in [1.807, 2.05) is 88.2 Å².